The smallest absolute Gasteiger partial charge is 0.475 e. The Morgan fingerprint density at radius 2 is 1.54 bits per heavy atom. The van der Waals surface area contributed by atoms with Crippen LogP contribution >= 0.6 is 0 Å². The van der Waals surface area contributed by atoms with Crippen molar-refractivity contribution < 1.29 is 33.0 Å². The molecule has 2 amide bonds. The minimum Gasteiger partial charge on any atom is -0.475 e. The molecular weight excluding hydrogens is 465 g/mol. The summed E-state index contributed by atoms with van der Waals surface area (Å²) < 4.78 is 31.7. The van der Waals surface area contributed by atoms with Gasteiger partial charge in [0.25, 0.3) is 0 Å². The molecule has 0 bridgehead atoms. The number of hydrogen-bond acceptors (Lipinski definition) is 5. The maximum atomic E-state index is 12.7. The van der Waals surface area contributed by atoms with E-state index >= 15 is 0 Å². The van der Waals surface area contributed by atoms with Gasteiger partial charge in [-0.05, 0) is 49.9 Å². The largest absolute Gasteiger partial charge is 0.490 e. The molecule has 3 unspecified atom stereocenters. The molecule has 11 heteroatoms. The van der Waals surface area contributed by atoms with E-state index in [1.807, 2.05) is 4.90 Å². The second kappa shape index (κ2) is 11.6. The van der Waals surface area contributed by atoms with Crippen LogP contribution in [0.15, 0.2) is 0 Å². The molecule has 3 aliphatic heterocycles. The number of halogens is 3. The lowest BCUT2D eigenvalue weighted by molar-refractivity contribution is -0.192. The third-order valence-corrected chi connectivity index (χ3v) is 8.18. The molecule has 3 atom stereocenters. The first kappa shape index (κ1) is 28.0. The molecular formula is C24H41F3N4O4. The van der Waals surface area contributed by atoms with Gasteiger partial charge in [0.05, 0.1) is 6.10 Å². The first-order chi connectivity index (χ1) is 16.4. The maximum absolute atomic E-state index is 12.7. The Labute approximate surface area is 205 Å². The minimum atomic E-state index is -5.08. The monoisotopic (exact) mass is 506 g/mol. The predicted octanol–water partition coefficient (Wildman–Crippen LogP) is 2.81. The highest BCUT2D eigenvalue weighted by molar-refractivity contribution is 5.74. The zero-order valence-electron chi connectivity index (χ0n) is 20.8. The van der Waals surface area contributed by atoms with E-state index < -0.39 is 12.1 Å². The van der Waals surface area contributed by atoms with Crippen LogP contribution in [0.25, 0.3) is 0 Å². The SMILES string of the molecule is CC1(C)CNC1C1CCN(C(=O)NC2CCN(C3CCCCC3O)CC2)CC1.O=C(O)C(F)(F)F. The van der Waals surface area contributed by atoms with Crippen molar-refractivity contribution in [2.75, 3.05) is 32.7 Å². The van der Waals surface area contributed by atoms with E-state index in [0.717, 1.165) is 77.7 Å². The molecule has 0 aromatic rings. The van der Waals surface area contributed by atoms with Crippen molar-refractivity contribution in [1.29, 1.82) is 0 Å². The number of alkyl halides is 3. The van der Waals surface area contributed by atoms with Crippen molar-refractivity contribution in [3.63, 3.8) is 0 Å². The van der Waals surface area contributed by atoms with Crippen LogP contribution in [0.1, 0.15) is 65.2 Å². The normalized spacial score (nSPS) is 30.6. The summed E-state index contributed by atoms with van der Waals surface area (Å²) in [5.74, 6) is -2.05. The van der Waals surface area contributed by atoms with Crippen LogP contribution in [-0.2, 0) is 4.79 Å². The number of carbonyl (C=O) groups is 2. The van der Waals surface area contributed by atoms with Crippen LogP contribution < -0.4 is 10.6 Å². The maximum Gasteiger partial charge on any atom is 0.490 e. The van der Waals surface area contributed by atoms with Gasteiger partial charge in [-0.1, -0.05) is 26.7 Å². The Bertz CT molecular complexity index is 720. The fraction of sp³-hybridized carbons (Fsp3) is 0.917. The molecule has 4 rings (SSSR count). The van der Waals surface area contributed by atoms with Gasteiger partial charge in [-0.2, -0.15) is 13.2 Å². The number of urea groups is 1. The Balaban J connectivity index is 0.000000429. The van der Waals surface area contributed by atoms with Gasteiger partial charge in [0.1, 0.15) is 0 Å². The van der Waals surface area contributed by atoms with E-state index in [2.05, 4.69) is 29.4 Å². The van der Waals surface area contributed by atoms with Crippen LogP contribution in [0.2, 0.25) is 0 Å². The van der Waals surface area contributed by atoms with Crippen LogP contribution in [0.5, 0.6) is 0 Å². The van der Waals surface area contributed by atoms with Crippen molar-refractivity contribution in [3.8, 4) is 0 Å². The zero-order valence-corrected chi connectivity index (χ0v) is 20.8. The lowest BCUT2D eigenvalue weighted by atomic mass is 9.68. The first-order valence-electron chi connectivity index (χ1n) is 12.9. The molecule has 4 aliphatic rings. The Morgan fingerprint density at radius 3 is 2.00 bits per heavy atom. The highest BCUT2D eigenvalue weighted by Crippen LogP contribution is 2.37. The fourth-order valence-electron chi connectivity index (χ4n) is 6.03. The Morgan fingerprint density at radius 1 is 0.971 bits per heavy atom. The summed E-state index contributed by atoms with van der Waals surface area (Å²) in [7, 11) is 0. The number of nitrogens with one attached hydrogen (secondary N) is 2. The molecule has 3 heterocycles. The quantitative estimate of drug-likeness (QED) is 0.469. The molecule has 3 saturated heterocycles. The number of hydrogen-bond donors (Lipinski definition) is 4. The van der Waals surface area contributed by atoms with E-state index in [4.69, 9.17) is 9.90 Å². The van der Waals surface area contributed by atoms with Crippen molar-refractivity contribution in [2.24, 2.45) is 11.3 Å². The average Bonchev–Trinajstić information content (AvgIpc) is 2.79. The number of piperidine rings is 2. The minimum absolute atomic E-state index is 0.135. The van der Waals surface area contributed by atoms with E-state index in [1.54, 1.807) is 0 Å². The predicted molar refractivity (Wildman–Crippen MR) is 125 cm³/mol. The lowest BCUT2D eigenvalue weighted by Crippen LogP contribution is -2.64. The van der Waals surface area contributed by atoms with E-state index in [-0.39, 0.29) is 18.2 Å². The molecule has 4 N–H and O–H groups in total. The highest BCUT2D eigenvalue weighted by atomic mass is 19.4. The number of amides is 2. The number of likely N-dealkylation sites (tertiary alicyclic amines) is 2. The molecule has 0 spiro atoms. The van der Waals surface area contributed by atoms with Crippen LogP contribution in [-0.4, -0.2) is 95.1 Å². The summed E-state index contributed by atoms with van der Waals surface area (Å²) in [6.45, 7) is 9.59. The summed E-state index contributed by atoms with van der Waals surface area (Å²) in [6.07, 6.45) is 3.48. The van der Waals surface area contributed by atoms with E-state index in [1.165, 1.54) is 6.42 Å². The van der Waals surface area contributed by atoms with Crippen LogP contribution in [0, 0.1) is 11.3 Å². The van der Waals surface area contributed by atoms with Crippen LogP contribution in [0.3, 0.4) is 0 Å². The molecule has 8 nitrogen and oxygen atoms in total. The fourth-order valence-corrected chi connectivity index (χ4v) is 6.03. The molecule has 0 radical (unpaired) electrons. The molecule has 0 aromatic carbocycles. The number of carbonyl (C=O) groups excluding carboxylic acids is 1. The topological polar surface area (TPSA) is 105 Å². The zero-order chi connectivity index (χ0) is 25.8. The van der Waals surface area contributed by atoms with Gasteiger partial charge in [-0.15, -0.1) is 0 Å². The Hall–Kier alpha value is -1.59. The first-order valence-corrected chi connectivity index (χ1v) is 12.9. The Kier molecular flexibility index (Phi) is 9.31. The van der Waals surface area contributed by atoms with Crippen LogP contribution in [0.4, 0.5) is 18.0 Å². The standard InChI is InChI=1S/C22H40N4O2.C2HF3O2/c1-22(2)15-23-20(22)16-7-11-26(12-8-16)21(28)24-17-9-13-25(14-10-17)18-5-3-4-6-19(18)27;3-2(4,5)1(6)7/h16-20,23,27H,3-15H2,1-2H3,(H,24,28);(H,6,7). The second-order valence-corrected chi connectivity index (χ2v) is 11.2. The molecule has 35 heavy (non-hydrogen) atoms. The van der Waals surface area contributed by atoms with E-state index in [0.29, 0.717) is 23.4 Å². The van der Waals surface area contributed by atoms with Crippen molar-refractivity contribution in [1.82, 2.24) is 20.4 Å². The summed E-state index contributed by atoms with van der Waals surface area (Å²) in [5, 5.41) is 24.3. The third-order valence-electron chi connectivity index (χ3n) is 8.18. The average molecular weight is 507 g/mol. The van der Waals surface area contributed by atoms with Crippen molar-refractivity contribution in [2.45, 2.75) is 95.6 Å². The van der Waals surface area contributed by atoms with Gasteiger partial charge in [-0.3, -0.25) is 4.90 Å². The highest BCUT2D eigenvalue weighted by Gasteiger charge is 2.44. The lowest BCUT2D eigenvalue weighted by Gasteiger charge is -2.51. The second-order valence-electron chi connectivity index (χ2n) is 11.2. The van der Waals surface area contributed by atoms with Gasteiger partial charge in [0, 0.05) is 50.8 Å². The number of carboxylic acids is 1. The van der Waals surface area contributed by atoms with Crippen molar-refractivity contribution >= 4 is 12.0 Å². The van der Waals surface area contributed by atoms with Gasteiger partial charge < -0.3 is 25.7 Å². The number of rotatable bonds is 3. The number of aliphatic hydroxyl groups excluding tert-OH is 1. The summed E-state index contributed by atoms with van der Waals surface area (Å²) in [4.78, 5) is 26.1. The summed E-state index contributed by atoms with van der Waals surface area (Å²) in [6, 6.07) is 1.39. The molecule has 1 aliphatic carbocycles. The molecule has 4 fully saturated rings. The van der Waals surface area contributed by atoms with Gasteiger partial charge in [0.15, 0.2) is 0 Å². The number of aliphatic carboxylic acids is 1. The van der Waals surface area contributed by atoms with Gasteiger partial charge >= 0.3 is 18.2 Å². The van der Waals surface area contributed by atoms with Gasteiger partial charge in [-0.25, -0.2) is 9.59 Å². The van der Waals surface area contributed by atoms with Gasteiger partial charge in [0.2, 0.25) is 0 Å². The molecule has 1 saturated carbocycles. The molecule has 0 aromatic heterocycles. The number of aliphatic hydroxyl groups is 1. The number of nitrogens with zero attached hydrogens (tertiary/aromatic N) is 2. The summed E-state index contributed by atoms with van der Waals surface area (Å²) >= 11 is 0. The number of carboxylic acid groups (broad SMARTS) is 1. The third kappa shape index (κ3) is 7.45. The summed E-state index contributed by atoms with van der Waals surface area (Å²) in [5.41, 5.74) is 0.412. The van der Waals surface area contributed by atoms with E-state index in [9.17, 15) is 23.1 Å². The molecule has 202 valence electrons. The van der Waals surface area contributed by atoms with Crippen molar-refractivity contribution in [3.05, 3.63) is 0 Å².